The van der Waals surface area contributed by atoms with Gasteiger partial charge in [0.2, 0.25) is 5.91 Å². The third-order valence-electron chi connectivity index (χ3n) is 8.92. The van der Waals surface area contributed by atoms with Gasteiger partial charge in [-0.3, -0.25) is 62.0 Å². The van der Waals surface area contributed by atoms with E-state index in [-0.39, 0.29) is 11.1 Å². The van der Waals surface area contributed by atoms with Crippen molar-refractivity contribution in [3.05, 3.63) is 113 Å². The predicted molar refractivity (Wildman–Crippen MR) is 203 cm³/mol. The number of hydrogen-bond donors (Lipinski definition) is 8. The van der Waals surface area contributed by atoms with Crippen molar-refractivity contribution in [3.8, 4) is 0 Å². The molecule has 29 nitrogen and oxygen atoms in total. The molecule has 3 aromatic rings. The number of rotatable bonds is 20. The lowest BCUT2D eigenvalue weighted by Gasteiger charge is -2.44. The van der Waals surface area contributed by atoms with E-state index >= 15 is 0 Å². The summed E-state index contributed by atoms with van der Waals surface area (Å²) in [4.78, 5) is 81.1. The van der Waals surface area contributed by atoms with Gasteiger partial charge >= 0.3 is 29.2 Å². The highest BCUT2D eigenvalue weighted by Crippen LogP contribution is 2.65. The normalized spacial score (nSPS) is 27.7. The van der Waals surface area contributed by atoms with Gasteiger partial charge in [-0.05, 0) is 12.1 Å². The van der Waals surface area contributed by atoms with Crippen molar-refractivity contribution in [1.29, 1.82) is 0 Å². The Labute approximate surface area is 351 Å². The lowest BCUT2D eigenvalue weighted by Crippen LogP contribution is -2.65. The van der Waals surface area contributed by atoms with Crippen LogP contribution in [0.4, 0.5) is 11.4 Å². The van der Waals surface area contributed by atoms with Crippen molar-refractivity contribution in [2.45, 2.75) is 75.3 Å². The van der Waals surface area contributed by atoms with Gasteiger partial charge in [0.1, 0.15) is 42.7 Å². The summed E-state index contributed by atoms with van der Waals surface area (Å²) in [5, 5.41) is 67.4. The van der Waals surface area contributed by atoms with Crippen LogP contribution >= 0.6 is 23.5 Å². The Morgan fingerprint density at radius 3 is 1.97 bits per heavy atom. The first-order chi connectivity index (χ1) is 29.5. The molecule has 3 unspecified atom stereocenters. The van der Waals surface area contributed by atoms with E-state index in [2.05, 4.69) is 5.32 Å². The molecule has 346 valence electrons. The molecule has 3 heterocycles. The standard InChI is InChI=1S/C31H38N5O24P3/c1-16(38)32-24-28(58-61(48,49)53-13-17-6-2-4-8-19(17)35(44)45)26(41)21(12-37)57-30(24)59-62(50,51)60-63(52,54-14-18-7-3-5-9-20(18)36(46)47)55-15-22-25(40)27(42)29(56-22)34-11-10-23(39)33-31(34)43/h2-11,21-22,24-30,37,40-42H,12-15H2,1H3,(H,32,38)(H,48,49)(H,50,51)(H,33,39,43)/t21-,22+,24-,25+,26-,27+,28-,29+,30-,63?/m1/s1. The highest BCUT2D eigenvalue weighted by atomic mass is 31.3. The second kappa shape index (κ2) is 20.6. The molecular weight excluding hydrogens is 919 g/mol. The van der Waals surface area contributed by atoms with Gasteiger partial charge in [-0.15, -0.1) is 0 Å². The topological polar surface area (TPSA) is 417 Å². The fourth-order valence-corrected chi connectivity index (χ4v) is 9.64. The maximum Gasteiger partial charge on any atom is 0.484 e. The monoisotopic (exact) mass is 957 g/mol. The van der Waals surface area contributed by atoms with Crippen molar-refractivity contribution < 1.29 is 95.0 Å². The molecule has 1 amide bonds. The number of nitrogens with one attached hydrogen (secondary N) is 2. The Kier molecular flexibility index (Phi) is 16.2. The van der Waals surface area contributed by atoms with Crippen LogP contribution in [0.2, 0.25) is 0 Å². The molecule has 8 N–H and O–H groups in total. The average Bonchev–Trinajstić information content (AvgIpc) is 3.49. The van der Waals surface area contributed by atoms with E-state index in [0.717, 1.165) is 37.4 Å². The summed E-state index contributed by atoms with van der Waals surface area (Å²) in [6.45, 7) is -3.44. The Balaban J connectivity index is 1.40. The molecule has 2 fully saturated rings. The van der Waals surface area contributed by atoms with Crippen LogP contribution in [0.3, 0.4) is 0 Å². The molecule has 5 rings (SSSR count). The van der Waals surface area contributed by atoms with Gasteiger partial charge < -0.3 is 45.0 Å². The predicted octanol–water partition coefficient (Wildman–Crippen LogP) is -0.267. The molecule has 2 aliphatic heterocycles. The van der Waals surface area contributed by atoms with Crippen LogP contribution in [0.1, 0.15) is 24.3 Å². The number of aliphatic hydroxyl groups is 4. The number of ether oxygens (including phenoxy) is 2. The number of aliphatic hydroxyl groups excluding tert-OH is 4. The SMILES string of the molecule is CC(=O)N[C@H]1[C@@H](OP(=O)(O)OP(=O)(OCc2ccccc2[N+](=O)[O-])OC[C@@H]2O[C@H](n3ccc(=O)[nH]c3=O)[C@@H](O)[C@H]2O)O[C@H](CO)[C@@H](O)[C@@H]1OP(=O)(O)OCc1ccccc1[N+](=O)[O-]. The maximum absolute atomic E-state index is 14.2. The quantitative estimate of drug-likeness (QED) is 0.0410. The Morgan fingerprint density at radius 2 is 1.41 bits per heavy atom. The molecule has 2 aromatic carbocycles. The van der Waals surface area contributed by atoms with Crippen molar-refractivity contribution in [1.82, 2.24) is 14.9 Å². The minimum atomic E-state index is -6.08. The summed E-state index contributed by atoms with van der Waals surface area (Å²) in [5.74, 6) is -1.02. The second-order valence-corrected chi connectivity index (χ2v) is 17.9. The lowest BCUT2D eigenvalue weighted by atomic mass is 9.97. The van der Waals surface area contributed by atoms with Gasteiger partial charge in [-0.2, -0.15) is 4.31 Å². The zero-order valence-corrected chi connectivity index (χ0v) is 34.7. The Bertz CT molecular complexity index is 2420. The van der Waals surface area contributed by atoms with Crippen LogP contribution in [-0.4, -0.2) is 118 Å². The van der Waals surface area contributed by atoms with E-state index < -0.39 is 143 Å². The second-order valence-electron chi connectivity index (χ2n) is 13.3. The number of nitro benzene ring substituents is 2. The Hall–Kier alpha value is -4.48. The van der Waals surface area contributed by atoms with E-state index in [9.17, 15) is 78.5 Å². The molecule has 1 aromatic heterocycles. The van der Waals surface area contributed by atoms with Crippen molar-refractivity contribution in [2.24, 2.45) is 0 Å². The largest absolute Gasteiger partial charge is 0.484 e. The number of amides is 1. The number of carbonyl (C=O) groups is 1. The molecule has 2 saturated heterocycles. The van der Waals surface area contributed by atoms with E-state index in [4.69, 9.17) is 36.4 Å². The molecule has 2 aliphatic rings. The molecule has 0 aliphatic carbocycles. The third-order valence-corrected chi connectivity index (χ3v) is 12.9. The zero-order chi connectivity index (χ0) is 46.4. The minimum Gasteiger partial charge on any atom is -0.394 e. The zero-order valence-electron chi connectivity index (χ0n) is 32.0. The van der Waals surface area contributed by atoms with Gasteiger partial charge in [-0.1, -0.05) is 24.3 Å². The van der Waals surface area contributed by atoms with Gasteiger partial charge in [-0.25, -0.2) is 18.5 Å². The van der Waals surface area contributed by atoms with Gasteiger partial charge in [0.25, 0.3) is 16.9 Å². The first-order valence-electron chi connectivity index (χ1n) is 17.8. The number of carbonyl (C=O) groups excluding carboxylic acids is 1. The van der Waals surface area contributed by atoms with Gasteiger partial charge in [0, 0.05) is 31.3 Å². The highest BCUT2D eigenvalue weighted by molar-refractivity contribution is 7.61. The number of phosphoric acid groups is 3. The van der Waals surface area contributed by atoms with Crippen molar-refractivity contribution in [2.75, 3.05) is 13.2 Å². The summed E-state index contributed by atoms with van der Waals surface area (Å²) in [7, 11) is -17.2. The molecule has 12 atom stereocenters. The van der Waals surface area contributed by atoms with Crippen molar-refractivity contribution in [3.63, 3.8) is 0 Å². The number of hydrogen-bond acceptors (Lipinski definition) is 22. The van der Waals surface area contributed by atoms with Crippen LogP contribution in [0.5, 0.6) is 0 Å². The third kappa shape index (κ3) is 12.6. The van der Waals surface area contributed by atoms with E-state index in [1.807, 2.05) is 4.98 Å². The highest BCUT2D eigenvalue weighted by Gasteiger charge is 2.53. The van der Waals surface area contributed by atoms with Crippen LogP contribution in [0, 0.1) is 20.2 Å². The number of H-pyrrole nitrogens is 1. The molecular formula is C31H38N5O24P3. The minimum absolute atomic E-state index is 0.205. The van der Waals surface area contributed by atoms with Crippen molar-refractivity contribution >= 4 is 40.8 Å². The first kappa shape index (κ1) is 49.5. The summed E-state index contributed by atoms with van der Waals surface area (Å²) in [6.07, 6.45) is -15.2. The van der Waals surface area contributed by atoms with Gasteiger partial charge in [0.05, 0.1) is 47.4 Å². The number of para-hydroxylation sites is 2. The van der Waals surface area contributed by atoms with E-state index in [1.165, 1.54) is 30.3 Å². The molecule has 63 heavy (non-hydrogen) atoms. The van der Waals surface area contributed by atoms with Crippen LogP contribution in [0.25, 0.3) is 0 Å². The van der Waals surface area contributed by atoms with E-state index in [1.54, 1.807) is 0 Å². The molecule has 32 heteroatoms. The Morgan fingerprint density at radius 1 is 0.825 bits per heavy atom. The summed E-state index contributed by atoms with van der Waals surface area (Å²) >= 11 is 0. The van der Waals surface area contributed by atoms with Crippen LogP contribution in [-0.2, 0) is 68.1 Å². The molecule has 0 spiro atoms. The number of aromatic nitrogens is 2. The molecule has 0 radical (unpaired) electrons. The fourth-order valence-electron chi connectivity index (χ4n) is 6.03. The number of aromatic amines is 1. The van der Waals surface area contributed by atoms with E-state index in [0.29, 0.717) is 4.57 Å². The fraction of sp³-hybridized carbons (Fsp3) is 0.452. The average molecular weight is 958 g/mol. The number of nitrogens with zero attached hydrogens (tertiary/aromatic N) is 3. The van der Waals surface area contributed by atoms with Crippen LogP contribution < -0.4 is 16.6 Å². The summed E-state index contributed by atoms with van der Waals surface area (Å²) < 4.78 is 82.7. The van der Waals surface area contributed by atoms with Crippen LogP contribution in [0.15, 0.2) is 70.4 Å². The summed E-state index contributed by atoms with van der Waals surface area (Å²) in [6, 6.07) is 8.36. The number of benzene rings is 2. The molecule has 0 bridgehead atoms. The first-order valence-corrected chi connectivity index (χ1v) is 22.3. The summed E-state index contributed by atoms with van der Waals surface area (Å²) in [5.41, 5.74) is -3.52. The van der Waals surface area contributed by atoms with Gasteiger partial charge in [0.15, 0.2) is 12.5 Å². The number of phosphoric ester groups is 3. The lowest BCUT2D eigenvalue weighted by molar-refractivity contribution is -0.386. The smallest absolute Gasteiger partial charge is 0.394 e. The number of nitro groups is 2. The maximum atomic E-state index is 14.2. The molecule has 0 saturated carbocycles.